The molecular weight excluding hydrogens is 290 g/mol. The molecule has 0 saturated carbocycles. The maximum atomic E-state index is 11.9. The van der Waals surface area contributed by atoms with Crippen LogP contribution in [-0.4, -0.2) is 21.6 Å². The van der Waals surface area contributed by atoms with E-state index in [9.17, 15) is 4.79 Å². The second-order valence-electron chi connectivity index (χ2n) is 4.02. The van der Waals surface area contributed by atoms with Crippen molar-refractivity contribution in [2.24, 2.45) is 0 Å². The summed E-state index contributed by atoms with van der Waals surface area (Å²) in [5.74, 6) is 0.295. The highest BCUT2D eigenvalue weighted by Crippen LogP contribution is 2.28. The Morgan fingerprint density at radius 3 is 2.90 bits per heavy atom. The molecule has 2 heterocycles. The van der Waals surface area contributed by atoms with Crippen LogP contribution in [0, 0.1) is 0 Å². The highest BCUT2D eigenvalue weighted by atomic mass is 32.2. The maximum absolute atomic E-state index is 11.9. The van der Waals surface area contributed by atoms with Gasteiger partial charge in [0.1, 0.15) is 11.4 Å². The quantitative estimate of drug-likeness (QED) is 0.592. The number of carbonyl (C=O) groups excluding carboxylic acids is 1. The van der Waals surface area contributed by atoms with Crippen molar-refractivity contribution >= 4 is 44.9 Å². The summed E-state index contributed by atoms with van der Waals surface area (Å²) in [6.45, 7) is 0. The van der Waals surface area contributed by atoms with Gasteiger partial charge in [-0.3, -0.25) is 4.79 Å². The number of rotatable bonds is 4. The Kier molecular flexibility index (Phi) is 3.94. The predicted molar refractivity (Wildman–Crippen MR) is 83.2 cm³/mol. The molecule has 100 valence electrons. The van der Waals surface area contributed by atoms with Crippen LogP contribution in [0.3, 0.4) is 0 Å². The highest BCUT2D eigenvalue weighted by molar-refractivity contribution is 8.00. The minimum atomic E-state index is -0.0375. The Hall–Kier alpha value is -1.92. The smallest absolute Gasteiger partial charge is 0.234 e. The number of thiophene rings is 1. The molecule has 0 unspecified atom stereocenters. The zero-order valence-electron chi connectivity index (χ0n) is 10.4. The van der Waals surface area contributed by atoms with Crippen molar-refractivity contribution in [3.05, 3.63) is 48.1 Å². The van der Waals surface area contributed by atoms with Gasteiger partial charge in [-0.15, -0.1) is 11.3 Å². The number of hydrogen-bond acceptors (Lipinski definition) is 5. The molecule has 0 spiro atoms. The minimum absolute atomic E-state index is 0.0375. The molecule has 0 bridgehead atoms. The van der Waals surface area contributed by atoms with Crippen molar-refractivity contribution in [1.29, 1.82) is 0 Å². The van der Waals surface area contributed by atoms with E-state index in [-0.39, 0.29) is 5.91 Å². The van der Waals surface area contributed by atoms with Crippen LogP contribution in [0.4, 0.5) is 5.69 Å². The van der Waals surface area contributed by atoms with E-state index >= 15 is 0 Å². The minimum Gasteiger partial charge on any atom is -0.325 e. The van der Waals surface area contributed by atoms with Crippen LogP contribution in [0.15, 0.2) is 53.1 Å². The second-order valence-corrected chi connectivity index (χ2v) is 5.90. The third-order valence-electron chi connectivity index (χ3n) is 2.61. The first-order chi connectivity index (χ1) is 9.83. The molecule has 0 fully saturated rings. The molecule has 3 rings (SSSR count). The summed E-state index contributed by atoms with van der Waals surface area (Å²) < 4.78 is 1.03. The monoisotopic (exact) mass is 301 g/mol. The number of aromatic nitrogens is 2. The van der Waals surface area contributed by atoms with E-state index in [2.05, 4.69) is 15.3 Å². The molecule has 1 N–H and O–H groups in total. The summed E-state index contributed by atoms with van der Waals surface area (Å²) in [7, 11) is 0. The van der Waals surface area contributed by atoms with Crippen molar-refractivity contribution in [3.63, 3.8) is 0 Å². The van der Waals surface area contributed by atoms with Gasteiger partial charge in [0.25, 0.3) is 0 Å². The van der Waals surface area contributed by atoms with Crippen LogP contribution >= 0.6 is 23.1 Å². The van der Waals surface area contributed by atoms with E-state index in [1.807, 2.05) is 41.8 Å². The number of amides is 1. The zero-order valence-corrected chi connectivity index (χ0v) is 12.1. The fourth-order valence-electron chi connectivity index (χ4n) is 1.72. The normalized spacial score (nSPS) is 10.6. The number of nitrogens with one attached hydrogen (secondary N) is 1. The average Bonchev–Trinajstić information content (AvgIpc) is 2.95. The molecule has 2 aromatic heterocycles. The number of hydrogen-bond donors (Lipinski definition) is 1. The van der Waals surface area contributed by atoms with Crippen molar-refractivity contribution in [2.45, 2.75) is 5.03 Å². The average molecular weight is 301 g/mol. The van der Waals surface area contributed by atoms with Gasteiger partial charge in [-0.25, -0.2) is 9.97 Å². The first-order valence-corrected chi connectivity index (χ1v) is 7.85. The Balaban J connectivity index is 1.65. The lowest BCUT2D eigenvalue weighted by atomic mass is 10.3. The van der Waals surface area contributed by atoms with Crippen molar-refractivity contribution in [1.82, 2.24) is 9.97 Å². The summed E-state index contributed by atoms with van der Waals surface area (Å²) in [6, 6.07) is 11.4. The number of thioether (sulfide) groups is 1. The van der Waals surface area contributed by atoms with Crippen molar-refractivity contribution in [3.8, 4) is 0 Å². The largest absolute Gasteiger partial charge is 0.325 e. The molecule has 0 aliphatic carbocycles. The molecule has 0 saturated heterocycles. The van der Waals surface area contributed by atoms with Gasteiger partial charge in [0.2, 0.25) is 5.91 Å². The lowest BCUT2D eigenvalue weighted by Crippen LogP contribution is -2.13. The second kappa shape index (κ2) is 6.02. The molecule has 0 aliphatic heterocycles. The number of carbonyl (C=O) groups is 1. The van der Waals surface area contributed by atoms with Gasteiger partial charge in [0, 0.05) is 5.69 Å². The Morgan fingerprint density at radius 1 is 1.20 bits per heavy atom. The lowest BCUT2D eigenvalue weighted by molar-refractivity contribution is -0.113. The molecule has 1 amide bonds. The summed E-state index contributed by atoms with van der Waals surface area (Å²) in [5, 5.41) is 5.69. The van der Waals surface area contributed by atoms with Crippen LogP contribution in [-0.2, 0) is 4.79 Å². The standard InChI is InChI=1S/C14H11N3OS2/c18-12(17-10-4-2-1-3-5-10)8-20-14-13-11(6-7-19-13)15-9-16-14/h1-7,9H,8H2,(H,17,18). The van der Waals surface area contributed by atoms with E-state index in [1.165, 1.54) is 18.1 Å². The van der Waals surface area contributed by atoms with Gasteiger partial charge in [0.15, 0.2) is 0 Å². The molecule has 0 atom stereocenters. The Morgan fingerprint density at radius 2 is 2.05 bits per heavy atom. The number of para-hydroxylation sites is 1. The van der Waals surface area contributed by atoms with Crippen molar-refractivity contribution < 1.29 is 4.79 Å². The number of anilines is 1. The lowest BCUT2D eigenvalue weighted by Gasteiger charge is -2.04. The molecule has 6 heteroatoms. The number of fused-ring (bicyclic) bond motifs is 1. The topological polar surface area (TPSA) is 54.9 Å². The third-order valence-corrected chi connectivity index (χ3v) is 4.64. The summed E-state index contributed by atoms with van der Waals surface area (Å²) in [5.41, 5.74) is 1.73. The molecule has 20 heavy (non-hydrogen) atoms. The molecule has 1 aromatic carbocycles. The summed E-state index contributed by atoms with van der Waals surface area (Å²) in [4.78, 5) is 20.3. The molecule has 4 nitrogen and oxygen atoms in total. The highest BCUT2D eigenvalue weighted by Gasteiger charge is 2.08. The first-order valence-electron chi connectivity index (χ1n) is 5.99. The fourth-order valence-corrected chi connectivity index (χ4v) is 3.47. The molecule has 0 aliphatic rings. The van der Waals surface area contributed by atoms with E-state index in [1.54, 1.807) is 11.3 Å². The molecular formula is C14H11N3OS2. The van der Waals surface area contributed by atoms with E-state index in [4.69, 9.17) is 0 Å². The fraction of sp³-hybridized carbons (Fsp3) is 0.0714. The SMILES string of the molecule is O=C(CSc1ncnc2ccsc12)Nc1ccccc1. The van der Waals surface area contributed by atoms with Gasteiger partial charge in [0.05, 0.1) is 16.0 Å². The van der Waals surface area contributed by atoms with Gasteiger partial charge < -0.3 is 5.32 Å². The van der Waals surface area contributed by atoms with Gasteiger partial charge in [-0.05, 0) is 23.6 Å². The Bertz CT molecular complexity index is 727. The van der Waals surface area contributed by atoms with E-state index in [0.717, 1.165) is 20.9 Å². The van der Waals surface area contributed by atoms with Gasteiger partial charge >= 0.3 is 0 Å². The number of nitrogens with zero attached hydrogens (tertiary/aromatic N) is 2. The van der Waals surface area contributed by atoms with Crippen molar-refractivity contribution in [2.75, 3.05) is 11.1 Å². The van der Waals surface area contributed by atoms with Crippen LogP contribution in [0.1, 0.15) is 0 Å². The first kappa shape index (κ1) is 13.1. The van der Waals surface area contributed by atoms with Crippen LogP contribution < -0.4 is 5.32 Å². The van der Waals surface area contributed by atoms with Gasteiger partial charge in [-0.1, -0.05) is 30.0 Å². The summed E-state index contributed by atoms with van der Waals surface area (Å²) >= 11 is 3.02. The molecule has 0 radical (unpaired) electrons. The van der Waals surface area contributed by atoms with Crippen LogP contribution in [0.25, 0.3) is 10.2 Å². The Labute approximate surface area is 124 Å². The third kappa shape index (κ3) is 2.97. The number of benzene rings is 1. The summed E-state index contributed by atoms with van der Waals surface area (Å²) in [6.07, 6.45) is 1.53. The predicted octanol–water partition coefficient (Wildman–Crippen LogP) is 3.42. The zero-order chi connectivity index (χ0) is 13.8. The van der Waals surface area contributed by atoms with Crippen LogP contribution in [0.2, 0.25) is 0 Å². The van der Waals surface area contributed by atoms with Crippen LogP contribution in [0.5, 0.6) is 0 Å². The van der Waals surface area contributed by atoms with Gasteiger partial charge in [-0.2, -0.15) is 0 Å². The molecule has 3 aromatic rings. The van der Waals surface area contributed by atoms with E-state index in [0.29, 0.717) is 5.75 Å². The van der Waals surface area contributed by atoms with E-state index < -0.39 is 0 Å². The maximum Gasteiger partial charge on any atom is 0.234 e.